The van der Waals surface area contributed by atoms with Gasteiger partial charge in [0.2, 0.25) is 0 Å². The summed E-state index contributed by atoms with van der Waals surface area (Å²) in [5, 5.41) is 2.48. The summed E-state index contributed by atoms with van der Waals surface area (Å²) in [6.45, 7) is 4.36. The third kappa shape index (κ3) is 2.40. The fourth-order valence-electron chi connectivity index (χ4n) is 2.18. The number of benzene rings is 1. The molecule has 0 spiro atoms. The Balaban J connectivity index is 2.62. The van der Waals surface area contributed by atoms with Crippen LogP contribution in [0.4, 0.5) is 5.69 Å². The molecule has 0 radical (unpaired) electrons. The van der Waals surface area contributed by atoms with Gasteiger partial charge >= 0.3 is 0 Å². The first kappa shape index (κ1) is 14.5. The van der Waals surface area contributed by atoms with Gasteiger partial charge in [0.05, 0.1) is 5.69 Å². The molecule has 1 N–H and O–H groups in total. The van der Waals surface area contributed by atoms with Crippen molar-refractivity contribution in [3.05, 3.63) is 23.8 Å². The molecule has 0 fully saturated rings. The minimum absolute atomic E-state index is 0.0812. The minimum Gasteiger partial charge on any atom is -0.355 e. The van der Waals surface area contributed by atoms with Crippen molar-refractivity contribution in [1.82, 2.24) is 5.32 Å². The lowest BCUT2D eigenvalue weighted by atomic mass is 10.1. The van der Waals surface area contributed by atoms with Crippen LogP contribution in [-0.2, 0) is 10.0 Å². The second kappa shape index (κ2) is 5.24. The zero-order chi connectivity index (χ0) is 14.9. The number of nitrogens with one attached hydrogen (secondary N) is 1. The molecule has 0 saturated carbocycles. The van der Waals surface area contributed by atoms with Crippen LogP contribution in [-0.4, -0.2) is 33.8 Å². The van der Waals surface area contributed by atoms with Crippen LogP contribution >= 0.6 is 0 Å². The maximum Gasteiger partial charge on any atom is 0.286 e. The standard InChI is InChI=1S/C13H17N3O3S/c1-4-7-16-9(2)15-20(18,19)12-8-10(13(17)14-3)5-6-11(12)16/h5-6,8H,4,7H2,1-3H3,(H,14,17). The van der Waals surface area contributed by atoms with Crippen LogP contribution < -0.4 is 10.2 Å². The van der Waals surface area contributed by atoms with Crippen LogP contribution in [0.15, 0.2) is 27.5 Å². The van der Waals surface area contributed by atoms with Crippen molar-refractivity contribution in [2.45, 2.75) is 25.2 Å². The molecule has 6 nitrogen and oxygen atoms in total. The summed E-state index contributed by atoms with van der Waals surface area (Å²) < 4.78 is 28.1. The van der Waals surface area contributed by atoms with Crippen molar-refractivity contribution in [3.8, 4) is 0 Å². The fourth-order valence-corrected chi connectivity index (χ4v) is 3.45. The highest BCUT2D eigenvalue weighted by molar-refractivity contribution is 7.90. The zero-order valence-electron chi connectivity index (χ0n) is 11.7. The number of fused-ring (bicyclic) bond motifs is 1. The first-order valence-electron chi connectivity index (χ1n) is 6.36. The Labute approximate surface area is 118 Å². The summed E-state index contributed by atoms with van der Waals surface area (Å²) in [7, 11) is -2.24. The van der Waals surface area contributed by atoms with E-state index in [0.717, 1.165) is 6.42 Å². The number of carbonyl (C=O) groups is 1. The van der Waals surface area contributed by atoms with E-state index in [1.54, 1.807) is 19.1 Å². The molecule has 0 bridgehead atoms. The molecule has 20 heavy (non-hydrogen) atoms. The molecule has 0 unspecified atom stereocenters. The molecule has 1 aliphatic heterocycles. The average molecular weight is 295 g/mol. The topological polar surface area (TPSA) is 78.8 Å². The lowest BCUT2D eigenvalue weighted by Crippen LogP contribution is -2.34. The number of hydrogen-bond acceptors (Lipinski definition) is 4. The largest absolute Gasteiger partial charge is 0.355 e. The number of anilines is 1. The summed E-state index contributed by atoms with van der Waals surface area (Å²) in [5.74, 6) is 0.128. The summed E-state index contributed by atoms with van der Waals surface area (Å²) in [5.41, 5.74) is 0.882. The molecule has 1 aromatic rings. The molecule has 108 valence electrons. The molecule has 0 saturated heterocycles. The van der Waals surface area contributed by atoms with Gasteiger partial charge in [-0.05, 0) is 31.5 Å². The van der Waals surface area contributed by atoms with Crippen molar-refractivity contribution in [2.24, 2.45) is 4.40 Å². The molecule has 2 rings (SSSR count). The minimum atomic E-state index is -3.74. The van der Waals surface area contributed by atoms with Gasteiger partial charge < -0.3 is 10.2 Å². The summed E-state index contributed by atoms with van der Waals surface area (Å²) in [4.78, 5) is 13.6. The van der Waals surface area contributed by atoms with E-state index < -0.39 is 10.0 Å². The van der Waals surface area contributed by atoms with Crippen LogP contribution in [0.1, 0.15) is 30.6 Å². The number of sulfonamides is 1. The van der Waals surface area contributed by atoms with Gasteiger partial charge in [0.1, 0.15) is 10.7 Å². The first-order valence-corrected chi connectivity index (χ1v) is 7.80. The normalized spacial score (nSPS) is 16.4. The van der Waals surface area contributed by atoms with Crippen LogP contribution in [0.5, 0.6) is 0 Å². The van der Waals surface area contributed by atoms with E-state index >= 15 is 0 Å². The van der Waals surface area contributed by atoms with Crippen LogP contribution in [0.3, 0.4) is 0 Å². The van der Waals surface area contributed by atoms with E-state index in [-0.39, 0.29) is 10.8 Å². The van der Waals surface area contributed by atoms with Crippen molar-refractivity contribution in [3.63, 3.8) is 0 Å². The molecular formula is C13H17N3O3S. The van der Waals surface area contributed by atoms with E-state index in [9.17, 15) is 13.2 Å². The highest BCUT2D eigenvalue weighted by Crippen LogP contribution is 2.32. The van der Waals surface area contributed by atoms with Crippen LogP contribution in [0.25, 0.3) is 0 Å². The summed E-state index contributed by atoms with van der Waals surface area (Å²) in [6.07, 6.45) is 0.865. The second-order valence-electron chi connectivity index (χ2n) is 4.53. The second-order valence-corrected chi connectivity index (χ2v) is 6.10. The van der Waals surface area contributed by atoms with Gasteiger partial charge in [0.15, 0.2) is 0 Å². The Morgan fingerprint density at radius 2 is 2.10 bits per heavy atom. The molecule has 1 aliphatic rings. The van der Waals surface area contributed by atoms with E-state index in [1.165, 1.54) is 13.1 Å². The molecule has 1 amide bonds. The van der Waals surface area contributed by atoms with Crippen molar-refractivity contribution < 1.29 is 13.2 Å². The van der Waals surface area contributed by atoms with Crippen molar-refractivity contribution in [1.29, 1.82) is 0 Å². The van der Waals surface area contributed by atoms with Gasteiger partial charge in [0.25, 0.3) is 15.9 Å². The van der Waals surface area contributed by atoms with Crippen LogP contribution in [0, 0.1) is 0 Å². The number of carbonyl (C=O) groups excluding carboxylic acids is 1. The van der Waals surface area contributed by atoms with E-state index in [4.69, 9.17) is 0 Å². The SMILES string of the molecule is CCCN1C(C)=NS(=O)(=O)c2cc(C(=O)NC)ccc21. The summed E-state index contributed by atoms with van der Waals surface area (Å²) in [6, 6.07) is 4.65. The number of nitrogens with zero attached hydrogens (tertiary/aromatic N) is 2. The Kier molecular flexibility index (Phi) is 3.80. The Bertz CT molecular complexity index is 680. The van der Waals surface area contributed by atoms with Gasteiger partial charge in [-0.25, -0.2) is 0 Å². The van der Waals surface area contributed by atoms with E-state index in [1.807, 2.05) is 11.8 Å². The maximum atomic E-state index is 12.2. The first-order chi connectivity index (χ1) is 9.40. The van der Waals surface area contributed by atoms with Gasteiger partial charge in [-0.15, -0.1) is 4.40 Å². The summed E-state index contributed by atoms with van der Waals surface area (Å²) >= 11 is 0. The van der Waals surface area contributed by atoms with E-state index in [0.29, 0.717) is 23.6 Å². The molecule has 1 heterocycles. The predicted octanol–water partition coefficient (Wildman–Crippen LogP) is 1.38. The predicted molar refractivity (Wildman–Crippen MR) is 77.8 cm³/mol. The molecule has 0 atom stereocenters. The van der Waals surface area contributed by atoms with Gasteiger partial charge in [-0.1, -0.05) is 6.92 Å². The monoisotopic (exact) mass is 295 g/mol. The highest BCUT2D eigenvalue weighted by atomic mass is 32.2. The lowest BCUT2D eigenvalue weighted by Gasteiger charge is -2.29. The Morgan fingerprint density at radius 3 is 2.70 bits per heavy atom. The Hall–Kier alpha value is -1.89. The number of hydrogen-bond donors (Lipinski definition) is 1. The van der Waals surface area contributed by atoms with E-state index in [2.05, 4.69) is 9.71 Å². The number of amides is 1. The Morgan fingerprint density at radius 1 is 1.40 bits per heavy atom. The quantitative estimate of drug-likeness (QED) is 0.913. The zero-order valence-corrected chi connectivity index (χ0v) is 12.5. The number of amidine groups is 1. The lowest BCUT2D eigenvalue weighted by molar-refractivity contribution is 0.0963. The average Bonchev–Trinajstić information content (AvgIpc) is 2.41. The third-order valence-corrected chi connectivity index (χ3v) is 4.50. The number of rotatable bonds is 3. The fraction of sp³-hybridized carbons (Fsp3) is 0.385. The van der Waals surface area contributed by atoms with Crippen LogP contribution in [0.2, 0.25) is 0 Å². The molecule has 0 aliphatic carbocycles. The maximum absolute atomic E-state index is 12.2. The smallest absolute Gasteiger partial charge is 0.286 e. The molecule has 7 heteroatoms. The molecular weight excluding hydrogens is 278 g/mol. The van der Waals surface area contributed by atoms with Crippen molar-refractivity contribution >= 4 is 27.5 Å². The van der Waals surface area contributed by atoms with Gasteiger partial charge in [-0.2, -0.15) is 8.42 Å². The highest BCUT2D eigenvalue weighted by Gasteiger charge is 2.29. The molecule has 0 aromatic heterocycles. The third-order valence-electron chi connectivity index (χ3n) is 3.11. The van der Waals surface area contributed by atoms with Gasteiger partial charge in [-0.3, -0.25) is 4.79 Å². The van der Waals surface area contributed by atoms with Gasteiger partial charge in [0, 0.05) is 19.2 Å². The van der Waals surface area contributed by atoms with Crippen molar-refractivity contribution in [2.75, 3.05) is 18.5 Å². The molecule has 1 aromatic carbocycles.